The predicted octanol–water partition coefficient (Wildman–Crippen LogP) is 2.46. The van der Waals surface area contributed by atoms with E-state index in [9.17, 15) is 28.0 Å². The molecule has 0 bridgehead atoms. The molecule has 0 aliphatic carbocycles. The van der Waals surface area contributed by atoms with Crippen molar-refractivity contribution in [3.8, 4) is 17.6 Å². The summed E-state index contributed by atoms with van der Waals surface area (Å²) in [5, 5.41) is 10.7. The van der Waals surface area contributed by atoms with Gasteiger partial charge in [0, 0.05) is 0 Å². The normalized spacial score (nSPS) is 24.6. The molecule has 1 aromatic heterocycles. The molecule has 2 aromatic rings. The Balaban J connectivity index is 1.90. The van der Waals surface area contributed by atoms with Gasteiger partial charge in [0.2, 0.25) is 5.67 Å². The summed E-state index contributed by atoms with van der Waals surface area (Å²) in [6.07, 6.45) is -7.65. The summed E-state index contributed by atoms with van der Waals surface area (Å²) in [5.74, 6) is 0.766. The second-order valence-corrected chi connectivity index (χ2v) is 10.3. The van der Waals surface area contributed by atoms with E-state index in [2.05, 4.69) is 4.98 Å². The summed E-state index contributed by atoms with van der Waals surface area (Å²) >= 11 is 0. The first-order valence-corrected chi connectivity index (χ1v) is 13.3. The number of carbonyl (C=O) groups excluding carboxylic acids is 1. The van der Waals surface area contributed by atoms with Crippen molar-refractivity contribution < 1.29 is 50.7 Å². The molecule has 3 N–H and O–H groups in total. The molecule has 1 aliphatic heterocycles. The zero-order valence-electron chi connectivity index (χ0n) is 21.5. The van der Waals surface area contributed by atoms with Crippen LogP contribution in [0.2, 0.25) is 0 Å². The summed E-state index contributed by atoms with van der Waals surface area (Å²) in [7, 11) is -4.72. The van der Waals surface area contributed by atoms with Crippen LogP contribution in [-0.2, 0) is 27.9 Å². The number of nitrogen functional groups attached to an aromatic ring is 1. The Bertz CT molecular complexity index is 1370. The topological polar surface area (TPSA) is 161 Å². The number of nitrogens with zero attached hydrogens (tertiary/aromatic N) is 2. The van der Waals surface area contributed by atoms with Crippen molar-refractivity contribution in [1.82, 2.24) is 9.55 Å². The minimum atomic E-state index is -4.72. The number of aromatic nitrogens is 2. The van der Waals surface area contributed by atoms with Crippen LogP contribution in [0.1, 0.15) is 27.0 Å². The highest BCUT2D eigenvalue weighted by Crippen LogP contribution is 2.52. The van der Waals surface area contributed by atoms with Gasteiger partial charge in [-0.1, -0.05) is 30.0 Å². The van der Waals surface area contributed by atoms with Crippen molar-refractivity contribution in [2.24, 2.45) is 0 Å². The Morgan fingerprint density at radius 3 is 2.62 bits per heavy atom. The van der Waals surface area contributed by atoms with E-state index in [4.69, 9.17) is 28.8 Å². The number of ether oxygens (including phenoxy) is 2. The lowest BCUT2D eigenvalue weighted by molar-refractivity contribution is -0.156. The van der Waals surface area contributed by atoms with Crippen molar-refractivity contribution in [1.29, 1.82) is 0 Å². The Kier molecular flexibility index (Phi) is 9.99. The maximum atomic E-state index is 16.0. The minimum Gasteiger partial charge on any atom is -0.461 e. The van der Waals surface area contributed by atoms with Crippen molar-refractivity contribution in [3.63, 3.8) is 0 Å². The Morgan fingerprint density at radius 2 is 2.00 bits per heavy atom. The number of phosphoric ester groups is 1. The van der Waals surface area contributed by atoms with E-state index in [1.54, 1.807) is 38.0 Å². The maximum absolute atomic E-state index is 16.0. The second-order valence-electron chi connectivity index (χ2n) is 8.72. The number of aliphatic hydroxyl groups excluding tert-OH is 1. The van der Waals surface area contributed by atoms with E-state index in [0.29, 0.717) is 10.8 Å². The fraction of sp³-hybridized carbons (Fsp3) is 0.458. The van der Waals surface area contributed by atoms with Crippen LogP contribution in [0.15, 0.2) is 41.3 Å². The number of anilines is 1. The van der Waals surface area contributed by atoms with Crippen LogP contribution in [0.4, 0.5) is 19.0 Å². The summed E-state index contributed by atoms with van der Waals surface area (Å²) in [6, 6.07) is 7.54. The summed E-state index contributed by atoms with van der Waals surface area (Å²) in [5.41, 5.74) is 0.814. The standard InChI is InChI=1S/C24H27F3N3O9P/c1-14(2)36-21(32)15(3)38-40(34,39-16-8-5-4-6-9-16)35-13-18-19(31)24(27,10-7-11-25)22(37-18)30-12-17(26)20(28)29-23(30)33/h4-6,8-9,12,14-15,18-19,22,31H,11,13H2,1-3H3,(H2,28,29,33)/t15-,18+,19?,22+,24+,40?/m0/s1. The molecule has 1 saturated heterocycles. The van der Waals surface area contributed by atoms with Crippen molar-refractivity contribution >= 4 is 19.6 Å². The van der Waals surface area contributed by atoms with Crippen LogP contribution in [-0.4, -0.2) is 64.0 Å². The van der Waals surface area contributed by atoms with Gasteiger partial charge in [0.25, 0.3) is 0 Å². The fourth-order valence-corrected chi connectivity index (χ4v) is 4.84. The number of esters is 1. The smallest absolute Gasteiger partial charge is 0.461 e. The van der Waals surface area contributed by atoms with Crippen LogP contribution in [0, 0.1) is 17.7 Å². The average Bonchev–Trinajstić information content (AvgIpc) is 3.13. The third kappa shape index (κ3) is 7.21. The number of rotatable bonds is 10. The number of alkyl halides is 2. The third-order valence-corrected chi connectivity index (χ3v) is 6.78. The SMILES string of the molecule is CC(C)OC(=O)[C@H](C)OP(=O)(OC[C@H]1O[C@@H](n2cc(F)c(N)nc2=O)[C@@](F)(C#CCF)C1O)Oc1ccccc1. The number of aliphatic hydroxyl groups is 1. The first-order valence-electron chi connectivity index (χ1n) is 11.8. The number of benzene rings is 1. The van der Waals surface area contributed by atoms with Crippen LogP contribution in [0.25, 0.3) is 0 Å². The minimum absolute atomic E-state index is 0.00431. The molecule has 0 spiro atoms. The number of hydrogen-bond donors (Lipinski definition) is 2. The van der Waals surface area contributed by atoms with Gasteiger partial charge in [-0.05, 0) is 32.9 Å². The van der Waals surface area contributed by atoms with E-state index in [0.717, 1.165) is 0 Å². The van der Waals surface area contributed by atoms with E-state index in [1.165, 1.54) is 19.1 Å². The molecule has 40 heavy (non-hydrogen) atoms. The van der Waals surface area contributed by atoms with Gasteiger partial charge < -0.3 is 24.8 Å². The monoisotopic (exact) mass is 589 g/mol. The number of halogens is 3. The molecule has 0 amide bonds. The van der Waals surface area contributed by atoms with Crippen molar-refractivity contribution in [3.05, 3.63) is 52.8 Å². The quantitative estimate of drug-likeness (QED) is 0.238. The molecule has 2 unspecified atom stereocenters. The van der Waals surface area contributed by atoms with Gasteiger partial charge in [0.1, 0.15) is 24.6 Å². The van der Waals surface area contributed by atoms with E-state index in [-0.39, 0.29) is 5.75 Å². The zero-order valence-corrected chi connectivity index (χ0v) is 22.4. The lowest BCUT2D eigenvalue weighted by atomic mass is 9.96. The molecule has 12 nitrogen and oxygen atoms in total. The van der Waals surface area contributed by atoms with Gasteiger partial charge in [-0.25, -0.2) is 27.3 Å². The summed E-state index contributed by atoms with van der Waals surface area (Å²) in [6.45, 7) is 2.14. The molecule has 2 heterocycles. The van der Waals surface area contributed by atoms with E-state index >= 15 is 4.39 Å². The number of phosphoric acid groups is 1. The lowest BCUT2D eigenvalue weighted by Crippen LogP contribution is -2.44. The highest BCUT2D eigenvalue weighted by atomic mass is 31.2. The second kappa shape index (κ2) is 12.8. The highest BCUT2D eigenvalue weighted by molar-refractivity contribution is 7.49. The first-order chi connectivity index (χ1) is 18.8. The Labute approximate surface area is 226 Å². The van der Waals surface area contributed by atoms with Gasteiger partial charge in [-0.2, -0.15) is 4.98 Å². The molecule has 1 aliphatic rings. The van der Waals surface area contributed by atoms with Gasteiger partial charge in [0.05, 0.1) is 18.9 Å². The Hall–Kier alpha value is -3.41. The highest BCUT2D eigenvalue weighted by Gasteiger charge is 2.58. The summed E-state index contributed by atoms with van der Waals surface area (Å²) in [4.78, 5) is 27.8. The largest absolute Gasteiger partial charge is 0.530 e. The van der Waals surface area contributed by atoms with Gasteiger partial charge in [0.15, 0.2) is 24.0 Å². The van der Waals surface area contributed by atoms with Crippen molar-refractivity contribution in [2.75, 3.05) is 19.0 Å². The lowest BCUT2D eigenvalue weighted by Gasteiger charge is -2.24. The molecular weight excluding hydrogens is 562 g/mol. The maximum Gasteiger partial charge on any atom is 0.530 e. The zero-order chi connectivity index (χ0) is 29.7. The van der Waals surface area contributed by atoms with E-state index < -0.39 is 80.7 Å². The van der Waals surface area contributed by atoms with E-state index in [1.807, 2.05) is 5.92 Å². The number of hydrogen-bond acceptors (Lipinski definition) is 11. The molecule has 3 rings (SSSR count). The number of para-hydroxylation sites is 1. The molecule has 218 valence electrons. The fourth-order valence-electron chi connectivity index (χ4n) is 3.50. The molecule has 1 fully saturated rings. The van der Waals surface area contributed by atoms with Crippen LogP contribution < -0.4 is 15.9 Å². The Morgan fingerprint density at radius 1 is 1.32 bits per heavy atom. The first kappa shape index (κ1) is 31.1. The van der Waals surface area contributed by atoms with Gasteiger partial charge in [-0.15, -0.1) is 0 Å². The molecule has 16 heteroatoms. The predicted molar refractivity (Wildman–Crippen MR) is 133 cm³/mol. The van der Waals surface area contributed by atoms with Crippen molar-refractivity contribution in [2.45, 2.75) is 57.1 Å². The summed E-state index contributed by atoms with van der Waals surface area (Å²) < 4.78 is 83.1. The average molecular weight is 589 g/mol. The molecule has 1 aromatic carbocycles. The number of carbonyl (C=O) groups is 1. The molecule has 0 radical (unpaired) electrons. The van der Waals surface area contributed by atoms with Gasteiger partial charge >= 0.3 is 19.5 Å². The third-order valence-electron chi connectivity index (χ3n) is 5.31. The number of nitrogens with two attached hydrogens (primary N) is 1. The molecule has 6 atom stereocenters. The molecular formula is C24H27F3N3O9P. The van der Waals surface area contributed by atoms with Crippen LogP contribution >= 0.6 is 7.82 Å². The molecule has 0 saturated carbocycles. The van der Waals surface area contributed by atoms with Crippen LogP contribution in [0.3, 0.4) is 0 Å². The van der Waals surface area contributed by atoms with Crippen LogP contribution in [0.5, 0.6) is 5.75 Å². The van der Waals surface area contributed by atoms with Gasteiger partial charge in [-0.3, -0.25) is 13.6 Å².